The molecule has 1 fully saturated rings. The Morgan fingerprint density at radius 3 is 1.94 bits per heavy atom. The van der Waals surface area contributed by atoms with Gasteiger partial charge in [-0.1, -0.05) is 91.0 Å². The second kappa shape index (κ2) is 10.4. The van der Waals surface area contributed by atoms with E-state index in [0.717, 1.165) is 30.4 Å². The first-order valence-electron chi connectivity index (χ1n) is 12.7. The highest BCUT2D eigenvalue weighted by molar-refractivity contribution is 6.09. The maximum Gasteiger partial charge on any atom is 0.266 e. The molecule has 5 rings (SSSR count). The zero-order valence-corrected chi connectivity index (χ0v) is 20.4. The fourth-order valence-corrected chi connectivity index (χ4v) is 5.33. The molecule has 36 heavy (non-hydrogen) atoms. The minimum absolute atomic E-state index is 0.112. The number of likely N-dealkylation sites (tertiary alicyclic amines) is 1. The molecule has 0 atom stereocenters. The molecule has 3 aromatic carbocycles. The Kier molecular flexibility index (Phi) is 6.85. The lowest BCUT2D eigenvalue weighted by atomic mass is 9.82. The van der Waals surface area contributed by atoms with Crippen LogP contribution in [-0.4, -0.2) is 47.2 Å². The summed E-state index contributed by atoms with van der Waals surface area (Å²) in [5.41, 5.74) is 8.04. The number of amides is 2. The van der Waals surface area contributed by atoms with E-state index in [1.54, 1.807) is 4.90 Å². The van der Waals surface area contributed by atoms with Crippen molar-refractivity contribution in [3.8, 4) is 0 Å². The molecule has 0 radical (unpaired) electrons. The number of guanidine groups is 1. The molecule has 0 unspecified atom stereocenters. The molecular weight excluding hydrogens is 448 g/mol. The minimum Gasteiger partial charge on any atom is -0.369 e. The summed E-state index contributed by atoms with van der Waals surface area (Å²) in [7, 11) is 0. The van der Waals surface area contributed by atoms with Crippen LogP contribution in [0.4, 0.5) is 0 Å². The maximum absolute atomic E-state index is 14.0. The molecule has 0 aliphatic carbocycles. The Bertz CT molecular complexity index is 1180. The van der Waals surface area contributed by atoms with Gasteiger partial charge in [-0.05, 0) is 41.9 Å². The first-order valence-corrected chi connectivity index (χ1v) is 12.7. The molecule has 2 amide bonds. The van der Waals surface area contributed by atoms with Crippen molar-refractivity contribution in [1.29, 1.82) is 0 Å². The Morgan fingerprint density at radius 1 is 0.861 bits per heavy atom. The van der Waals surface area contributed by atoms with E-state index >= 15 is 0 Å². The van der Waals surface area contributed by atoms with Gasteiger partial charge in [-0.2, -0.15) is 0 Å². The zero-order chi connectivity index (χ0) is 25.0. The van der Waals surface area contributed by atoms with Gasteiger partial charge >= 0.3 is 0 Å². The van der Waals surface area contributed by atoms with E-state index in [4.69, 9.17) is 10.7 Å². The van der Waals surface area contributed by atoms with Crippen LogP contribution in [0.2, 0.25) is 0 Å². The molecule has 2 aliphatic heterocycles. The molecule has 184 valence electrons. The average Bonchev–Trinajstić information content (AvgIpc) is 3.19. The number of carbonyl (C=O) groups excluding carboxylic acids is 2. The van der Waals surface area contributed by atoms with E-state index < -0.39 is 5.54 Å². The van der Waals surface area contributed by atoms with Crippen molar-refractivity contribution in [3.63, 3.8) is 0 Å². The summed E-state index contributed by atoms with van der Waals surface area (Å²) in [5, 5.41) is 0. The standard InChI is InChI=1S/C30H32N4O2/c31-29-32-30(25-12-6-2-7-13-25,26-14-8-3-9-15-26)28(36)34(29)22-24-18-20-33(21-19-24)27(35)17-16-23-10-4-1-5-11-23/h1-15,24H,16-22H2,(H2,31,32). The molecule has 2 aliphatic rings. The van der Waals surface area contributed by atoms with E-state index in [2.05, 4.69) is 12.1 Å². The van der Waals surface area contributed by atoms with Crippen LogP contribution in [-0.2, 0) is 21.5 Å². The van der Waals surface area contributed by atoms with Crippen molar-refractivity contribution in [3.05, 3.63) is 108 Å². The predicted octanol–water partition coefficient (Wildman–Crippen LogP) is 3.96. The normalized spacial score (nSPS) is 17.8. The summed E-state index contributed by atoms with van der Waals surface area (Å²) in [4.78, 5) is 35.1. The fourth-order valence-electron chi connectivity index (χ4n) is 5.33. The number of nitrogens with zero attached hydrogens (tertiary/aromatic N) is 3. The highest BCUT2D eigenvalue weighted by atomic mass is 16.2. The summed E-state index contributed by atoms with van der Waals surface area (Å²) in [6, 6.07) is 29.4. The van der Waals surface area contributed by atoms with Gasteiger partial charge in [0.1, 0.15) is 0 Å². The Balaban J connectivity index is 1.24. The molecule has 6 heteroatoms. The largest absolute Gasteiger partial charge is 0.369 e. The third kappa shape index (κ3) is 4.63. The van der Waals surface area contributed by atoms with Gasteiger partial charge in [0.05, 0.1) is 0 Å². The van der Waals surface area contributed by atoms with Crippen LogP contribution in [0, 0.1) is 5.92 Å². The van der Waals surface area contributed by atoms with Crippen molar-refractivity contribution in [2.75, 3.05) is 19.6 Å². The summed E-state index contributed by atoms with van der Waals surface area (Å²) in [6.07, 6.45) is 2.97. The van der Waals surface area contributed by atoms with Crippen molar-refractivity contribution in [2.24, 2.45) is 16.6 Å². The fraction of sp³-hybridized carbons (Fsp3) is 0.300. The topological polar surface area (TPSA) is 79.0 Å². The van der Waals surface area contributed by atoms with E-state index in [9.17, 15) is 9.59 Å². The van der Waals surface area contributed by atoms with Crippen molar-refractivity contribution in [1.82, 2.24) is 9.80 Å². The van der Waals surface area contributed by atoms with Crippen molar-refractivity contribution < 1.29 is 9.59 Å². The summed E-state index contributed by atoms with van der Waals surface area (Å²) < 4.78 is 0. The number of carbonyl (C=O) groups is 2. The van der Waals surface area contributed by atoms with Gasteiger partial charge in [0, 0.05) is 26.1 Å². The van der Waals surface area contributed by atoms with E-state index in [1.165, 1.54) is 5.56 Å². The van der Waals surface area contributed by atoms with Crippen LogP contribution in [0.15, 0.2) is 96.0 Å². The van der Waals surface area contributed by atoms with Crippen LogP contribution in [0.1, 0.15) is 36.0 Å². The predicted molar refractivity (Wildman–Crippen MR) is 141 cm³/mol. The maximum atomic E-state index is 14.0. The van der Waals surface area contributed by atoms with Gasteiger partial charge in [-0.15, -0.1) is 0 Å². The van der Waals surface area contributed by atoms with Gasteiger partial charge < -0.3 is 10.6 Å². The van der Waals surface area contributed by atoms with Crippen LogP contribution < -0.4 is 5.73 Å². The molecular formula is C30H32N4O2. The lowest BCUT2D eigenvalue weighted by Gasteiger charge is -2.34. The average molecular weight is 481 g/mol. The second-order valence-corrected chi connectivity index (χ2v) is 9.64. The molecule has 3 aromatic rings. The number of benzene rings is 3. The number of hydrogen-bond donors (Lipinski definition) is 1. The number of aryl methyl sites for hydroxylation is 1. The first-order chi connectivity index (χ1) is 17.6. The molecule has 0 bridgehead atoms. The number of rotatable bonds is 7. The number of hydrogen-bond acceptors (Lipinski definition) is 4. The van der Waals surface area contributed by atoms with E-state index in [0.29, 0.717) is 26.1 Å². The van der Waals surface area contributed by atoms with Gasteiger partial charge in [0.15, 0.2) is 11.5 Å². The van der Waals surface area contributed by atoms with Crippen molar-refractivity contribution >= 4 is 17.8 Å². The number of piperidine rings is 1. The minimum atomic E-state index is -1.17. The van der Waals surface area contributed by atoms with Crippen LogP contribution in [0.5, 0.6) is 0 Å². The van der Waals surface area contributed by atoms with E-state index in [1.807, 2.05) is 83.8 Å². The lowest BCUT2D eigenvalue weighted by molar-refractivity contribution is -0.134. The summed E-state index contributed by atoms with van der Waals surface area (Å²) in [5.74, 6) is 0.610. The molecule has 2 N–H and O–H groups in total. The SMILES string of the molecule is NC1=NC(c2ccccc2)(c2ccccc2)C(=O)N1CC1CCN(C(=O)CCc2ccccc2)CC1. The Labute approximate surface area is 212 Å². The number of aliphatic imine (C=N–C) groups is 1. The van der Waals surface area contributed by atoms with E-state index in [-0.39, 0.29) is 23.7 Å². The monoisotopic (exact) mass is 480 g/mol. The summed E-state index contributed by atoms with van der Waals surface area (Å²) >= 11 is 0. The molecule has 0 aromatic heterocycles. The highest BCUT2D eigenvalue weighted by Gasteiger charge is 2.50. The van der Waals surface area contributed by atoms with Crippen LogP contribution in [0.3, 0.4) is 0 Å². The number of nitrogens with two attached hydrogens (primary N) is 1. The van der Waals surface area contributed by atoms with Crippen LogP contribution >= 0.6 is 0 Å². The third-order valence-electron chi connectivity index (χ3n) is 7.37. The van der Waals surface area contributed by atoms with Crippen molar-refractivity contribution in [2.45, 2.75) is 31.2 Å². The Morgan fingerprint density at radius 2 is 1.39 bits per heavy atom. The lowest BCUT2D eigenvalue weighted by Crippen LogP contribution is -2.47. The van der Waals surface area contributed by atoms with Gasteiger partial charge in [-0.25, -0.2) is 4.99 Å². The van der Waals surface area contributed by atoms with Gasteiger partial charge in [-0.3, -0.25) is 14.5 Å². The van der Waals surface area contributed by atoms with Gasteiger partial charge in [0.25, 0.3) is 5.91 Å². The van der Waals surface area contributed by atoms with Gasteiger partial charge in [0.2, 0.25) is 5.91 Å². The second-order valence-electron chi connectivity index (χ2n) is 9.64. The quantitative estimate of drug-likeness (QED) is 0.556. The highest BCUT2D eigenvalue weighted by Crippen LogP contribution is 2.40. The molecule has 0 spiro atoms. The Hall–Kier alpha value is -3.93. The molecule has 0 saturated carbocycles. The molecule has 6 nitrogen and oxygen atoms in total. The molecule has 1 saturated heterocycles. The smallest absolute Gasteiger partial charge is 0.266 e. The molecule has 2 heterocycles. The first kappa shape index (κ1) is 23.8. The summed E-state index contributed by atoms with van der Waals surface area (Å²) in [6.45, 7) is 1.93. The zero-order valence-electron chi connectivity index (χ0n) is 20.4. The van der Waals surface area contributed by atoms with Crippen LogP contribution in [0.25, 0.3) is 0 Å². The third-order valence-corrected chi connectivity index (χ3v) is 7.37.